The van der Waals surface area contributed by atoms with Gasteiger partial charge in [0.15, 0.2) is 5.78 Å². The van der Waals surface area contributed by atoms with Crippen LogP contribution in [0.25, 0.3) is 0 Å². The predicted molar refractivity (Wildman–Crippen MR) is 43.5 cm³/mol. The van der Waals surface area contributed by atoms with Gasteiger partial charge < -0.3 is 15.3 Å². The molecule has 0 aliphatic rings. The Labute approximate surface area is 71.1 Å². The zero-order valence-corrected chi connectivity index (χ0v) is 6.81. The molecule has 70 valence electrons. The van der Waals surface area contributed by atoms with Gasteiger partial charge in [-0.3, -0.25) is 4.79 Å². The third kappa shape index (κ3) is 3.61. The summed E-state index contributed by atoms with van der Waals surface area (Å²) in [5.74, 6) is -0.758. The van der Waals surface area contributed by atoms with E-state index in [1.165, 1.54) is 0 Å². The molecular formula is C8H14O4. The van der Waals surface area contributed by atoms with Crippen molar-refractivity contribution in [3.63, 3.8) is 0 Å². The zero-order valence-electron chi connectivity index (χ0n) is 6.81. The van der Waals surface area contributed by atoms with Gasteiger partial charge in [0.1, 0.15) is 12.7 Å². The standard InChI is InChI=1S/C8H14O4/c1-2-3-4-6(10)8(12)7(11)5-9/h2,6,8-10,12H,1,3-5H2/t6-,8-/m1/s1. The van der Waals surface area contributed by atoms with E-state index in [-0.39, 0.29) is 6.42 Å². The molecule has 4 nitrogen and oxygen atoms in total. The third-order valence-corrected chi connectivity index (χ3v) is 1.52. The molecule has 3 N–H and O–H groups in total. The lowest BCUT2D eigenvalue weighted by Gasteiger charge is -2.14. The minimum atomic E-state index is -1.48. The fraction of sp³-hybridized carbons (Fsp3) is 0.625. The van der Waals surface area contributed by atoms with Gasteiger partial charge >= 0.3 is 0 Å². The highest BCUT2D eigenvalue weighted by Gasteiger charge is 2.22. The molecule has 0 aromatic rings. The van der Waals surface area contributed by atoms with Gasteiger partial charge in [-0.05, 0) is 12.8 Å². The highest BCUT2D eigenvalue weighted by atomic mass is 16.3. The minimum Gasteiger partial charge on any atom is -0.390 e. The number of Topliss-reactive ketones (excluding diaryl/α,β-unsaturated/α-hetero) is 1. The molecule has 0 aliphatic heterocycles. The summed E-state index contributed by atoms with van der Waals surface area (Å²) in [6.45, 7) is 2.69. The van der Waals surface area contributed by atoms with Crippen LogP contribution < -0.4 is 0 Å². The van der Waals surface area contributed by atoms with Crippen LogP contribution in [0.4, 0.5) is 0 Å². The van der Waals surface area contributed by atoms with E-state index in [2.05, 4.69) is 6.58 Å². The average molecular weight is 174 g/mol. The molecular weight excluding hydrogens is 160 g/mol. The van der Waals surface area contributed by atoms with E-state index in [1.807, 2.05) is 0 Å². The molecule has 0 spiro atoms. The molecule has 0 saturated heterocycles. The molecule has 0 radical (unpaired) electrons. The largest absolute Gasteiger partial charge is 0.390 e. The number of carbonyl (C=O) groups excluding carboxylic acids is 1. The minimum absolute atomic E-state index is 0.274. The molecule has 4 heteroatoms. The van der Waals surface area contributed by atoms with E-state index in [0.29, 0.717) is 6.42 Å². The highest BCUT2D eigenvalue weighted by Crippen LogP contribution is 2.03. The predicted octanol–water partition coefficient (Wildman–Crippen LogP) is -0.764. The van der Waals surface area contributed by atoms with Crippen molar-refractivity contribution in [1.29, 1.82) is 0 Å². The number of hydrogen-bond donors (Lipinski definition) is 3. The summed E-state index contributed by atoms with van der Waals surface area (Å²) < 4.78 is 0. The van der Waals surface area contributed by atoms with E-state index in [0.717, 1.165) is 0 Å². The van der Waals surface area contributed by atoms with Crippen molar-refractivity contribution < 1.29 is 20.1 Å². The number of aliphatic hydroxyl groups excluding tert-OH is 3. The second-order valence-electron chi connectivity index (χ2n) is 2.50. The summed E-state index contributed by atoms with van der Waals surface area (Å²) in [4.78, 5) is 10.6. The van der Waals surface area contributed by atoms with Gasteiger partial charge in [-0.2, -0.15) is 0 Å². The SMILES string of the molecule is C=CCC[C@@H](O)[C@@H](O)C(=O)CO. The van der Waals surface area contributed by atoms with Gasteiger partial charge in [-0.25, -0.2) is 0 Å². The monoisotopic (exact) mass is 174 g/mol. The second-order valence-corrected chi connectivity index (χ2v) is 2.50. The molecule has 0 heterocycles. The van der Waals surface area contributed by atoms with E-state index in [1.54, 1.807) is 6.08 Å². The molecule has 0 amide bonds. The summed E-state index contributed by atoms with van der Waals surface area (Å²) in [6.07, 6.45) is -0.204. The summed E-state index contributed by atoms with van der Waals surface area (Å²) >= 11 is 0. The Morgan fingerprint density at radius 3 is 2.50 bits per heavy atom. The average Bonchev–Trinajstić information content (AvgIpc) is 2.11. The van der Waals surface area contributed by atoms with Crippen molar-refractivity contribution in [2.75, 3.05) is 6.61 Å². The van der Waals surface area contributed by atoms with E-state index >= 15 is 0 Å². The first-order chi connectivity index (χ1) is 5.63. The summed E-state index contributed by atoms with van der Waals surface area (Å²) in [5, 5.41) is 26.5. The van der Waals surface area contributed by atoms with E-state index < -0.39 is 24.6 Å². The lowest BCUT2D eigenvalue weighted by atomic mass is 10.1. The second kappa shape index (κ2) is 5.88. The smallest absolute Gasteiger partial charge is 0.189 e. The van der Waals surface area contributed by atoms with Crippen molar-refractivity contribution >= 4 is 5.78 Å². The topological polar surface area (TPSA) is 77.8 Å². The maximum absolute atomic E-state index is 10.6. The zero-order chi connectivity index (χ0) is 9.56. The molecule has 0 bridgehead atoms. The van der Waals surface area contributed by atoms with Gasteiger partial charge in [0, 0.05) is 0 Å². The lowest BCUT2D eigenvalue weighted by molar-refractivity contribution is -0.135. The van der Waals surface area contributed by atoms with Crippen LogP contribution in [0, 0.1) is 0 Å². The van der Waals surface area contributed by atoms with Crippen LogP contribution in [0.15, 0.2) is 12.7 Å². The van der Waals surface area contributed by atoms with Gasteiger partial charge in [0.25, 0.3) is 0 Å². The Kier molecular flexibility index (Phi) is 5.53. The van der Waals surface area contributed by atoms with Crippen LogP contribution in [0.5, 0.6) is 0 Å². The molecule has 0 saturated carbocycles. The number of aliphatic hydroxyl groups is 3. The quantitative estimate of drug-likeness (QED) is 0.462. The Balaban J connectivity index is 3.82. The molecule has 2 atom stereocenters. The molecule has 0 fully saturated rings. The summed E-state index contributed by atoms with van der Waals surface area (Å²) in [5.41, 5.74) is 0. The van der Waals surface area contributed by atoms with Crippen LogP contribution in [0.2, 0.25) is 0 Å². The number of allylic oxidation sites excluding steroid dienone is 1. The van der Waals surface area contributed by atoms with Crippen LogP contribution in [0.1, 0.15) is 12.8 Å². The van der Waals surface area contributed by atoms with E-state index in [9.17, 15) is 4.79 Å². The number of ketones is 1. The van der Waals surface area contributed by atoms with Crippen LogP contribution in [0.3, 0.4) is 0 Å². The summed E-state index contributed by atoms with van der Waals surface area (Å²) in [7, 11) is 0. The first-order valence-corrected chi connectivity index (χ1v) is 3.74. The molecule has 0 aliphatic carbocycles. The van der Waals surface area contributed by atoms with Gasteiger partial charge in [-0.15, -0.1) is 6.58 Å². The third-order valence-electron chi connectivity index (χ3n) is 1.52. The number of hydrogen-bond acceptors (Lipinski definition) is 4. The van der Waals surface area contributed by atoms with Crippen molar-refractivity contribution in [3.8, 4) is 0 Å². The maximum Gasteiger partial charge on any atom is 0.189 e. The van der Waals surface area contributed by atoms with Crippen molar-refractivity contribution in [2.24, 2.45) is 0 Å². The molecule has 0 aromatic heterocycles. The fourth-order valence-electron chi connectivity index (χ4n) is 0.755. The van der Waals surface area contributed by atoms with Gasteiger partial charge in [0.2, 0.25) is 0 Å². The molecule has 0 aromatic carbocycles. The van der Waals surface area contributed by atoms with Crippen molar-refractivity contribution in [1.82, 2.24) is 0 Å². The van der Waals surface area contributed by atoms with E-state index in [4.69, 9.17) is 15.3 Å². The molecule has 0 rings (SSSR count). The fourth-order valence-corrected chi connectivity index (χ4v) is 0.755. The van der Waals surface area contributed by atoms with Crippen molar-refractivity contribution in [3.05, 3.63) is 12.7 Å². The van der Waals surface area contributed by atoms with Gasteiger partial charge in [-0.1, -0.05) is 6.08 Å². The van der Waals surface area contributed by atoms with Gasteiger partial charge in [0.05, 0.1) is 6.10 Å². The molecule has 0 unspecified atom stereocenters. The Morgan fingerprint density at radius 2 is 2.08 bits per heavy atom. The number of carbonyl (C=O) groups is 1. The van der Waals surface area contributed by atoms with Crippen molar-refractivity contribution in [2.45, 2.75) is 25.0 Å². The number of rotatable bonds is 6. The van der Waals surface area contributed by atoms with Crippen LogP contribution in [-0.2, 0) is 4.79 Å². The summed E-state index contributed by atoms with van der Waals surface area (Å²) in [6, 6.07) is 0. The lowest BCUT2D eigenvalue weighted by Crippen LogP contribution is -2.35. The first kappa shape index (κ1) is 11.3. The molecule has 12 heavy (non-hydrogen) atoms. The van der Waals surface area contributed by atoms with Crippen LogP contribution in [-0.4, -0.2) is 39.9 Å². The Bertz CT molecular complexity index is 155. The Hall–Kier alpha value is -0.710. The Morgan fingerprint density at radius 1 is 1.50 bits per heavy atom. The normalized spacial score (nSPS) is 15.2. The maximum atomic E-state index is 10.6. The first-order valence-electron chi connectivity index (χ1n) is 3.74. The van der Waals surface area contributed by atoms with Crippen LogP contribution >= 0.6 is 0 Å². The highest BCUT2D eigenvalue weighted by molar-refractivity contribution is 5.84.